The summed E-state index contributed by atoms with van der Waals surface area (Å²) in [5.41, 5.74) is 1.55. The molecule has 3 aromatic rings. The van der Waals surface area contributed by atoms with Gasteiger partial charge in [0.25, 0.3) is 0 Å². The molecule has 0 unspecified atom stereocenters. The molecule has 0 saturated heterocycles. The number of carbonyl (C=O) groups excluding carboxylic acids is 1. The second-order valence-corrected chi connectivity index (χ2v) is 5.29. The fourth-order valence-electron chi connectivity index (χ4n) is 2.49. The number of anilines is 3. The lowest BCUT2D eigenvalue weighted by Gasteiger charge is -2.24. The van der Waals surface area contributed by atoms with Crippen molar-refractivity contribution in [1.82, 2.24) is 0 Å². The van der Waals surface area contributed by atoms with Gasteiger partial charge in [0.15, 0.2) is 0 Å². The van der Waals surface area contributed by atoms with Gasteiger partial charge < -0.3 is 10.4 Å². The van der Waals surface area contributed by atoms with Gasteiger partial charge >= 0.3 is 12.0 Å². The Kier molecular flexibility index (Phi) is 4.76. The zero-order chi connectivity index (χ0) is 17.6. The molecule has 0 aliphatic carbocycles. The summed E-state index contributed by atoms with van der Waals surface area (Å²) < 4.78 is 0. The fraction of sp³-hybridized carbons (Fsp3) is 0. The van der Waals surface area contributed by atoms with Gasteiger partial charge in [0.2, 0.25) is 0 Å². The van der Waals surface area contributed by atoms with E-state index in [0.29, 0.717) is 17.1 Å². The van der Waals surface area contributed by atoms with Crippen LogP contribution in [0, 0.1) is 0 Å². The van der Waals surface area contributed by atoms with Gasteiger partial charge in [-0.15, -0.1) is 0 Å². The quantitative estimate of drug-likeness (QED) is 0.724. The van der Waals surface area contributed by atoms with Crippen molar-refractivity contribution >= 4 is 29.1 Å². The number of carbonyl (C=O) groups is 2. The summed E-state index contributed by atoms with van der Waals surface area (Å²) in [6.45, 7) is 0. The smallest absolute Gasteiger partial charge is 0.337 e. The molecule has 3 rings (SSSR count). The van der Waals surface area contributed by atoms with E-state index in [9.17, 15) is 14.7 Å². The van der Waals surface area contributed by atoms with Gasteiger partial charge in [-0.25, -0.2) is 9.59 Å². The topological polar surface area (TPSA) is 69.6 Å². The summed E-state index contributed by atoms with van der Waals surface area (Å²) in [7, 11) is 0. The Labute approximate surface area is 145 Å². The summed E-state index contributed by atoms with van der Waals surface area (Å²) in [6.07, 6.45) is 0. The van der Waals surface area contributed by atoms with E-state index in [0.717, 1.165) is 0 Å². The van der Waals surface area contributed by atoms with Crippen molar-refractivity contribution in [1.29, 1.82) is 0 Å². The molecule has 0 atom stereocenters. The molecular formula is C20H16N2O3. The van der Waals surface area contributed by atoms with E-state index in [2.05, 4.69) is 5.32 Å². The third kappa shape index (κ3) is 3.67. The number of hydrogen-bond acceptors (Lipinski definition) is 2. The van der Waals surface area contributed by atoms with Gasteiger partial charge in [0.1, 0.15) is 0 Å². The molecule has 2 amide bonds. The maximum absolute atomic E-state index is 12.9. The molecule has 5 nitrogen and oxygen atoms in total. The number of hydrogen-bond donors (Lipinski definition) is 2. The first kappa shape index (κ1) is 16.3. The lowest BCUT2D eigenvalue weighted by Crippen LogP contribution is -2.32. The first-order valence-corrected chi connectivity index (χ1v) is 7.70. The summed E-state index contributed by atoms with van der Waals surface area (Å²) >= 11 is 0. The number of para-hydroxylation sites is 3. The predicted molar refractivity (Wildman–Crippen MR) is 97.4 cm³/mol. The third-order valence-electron chi connectivity index (χ3n) is 3.62. The van der Waals surface area contributed by atoms with Gasteiger partial charge in [0, 0.05) is 5.69 Å². The van der Waals surface area contributed by atoms with Crippen LogP contribution in [-0.4, -0.2) is 17.1 Å². The largest absolute Gasteiger partial charge is 0.478 e. The van der Waals surface area contributed by atoms with Crippen molar-refractivity contribution in [3.63, 3.8) is 0 Å². The van der Waals surface area contributed by atoms with Crippen molar-refractivity contribution in [3.8, 4) is 0 Å². The minimum absolute atomic E-state index is 0.0505. The number of rotatable bonds is 4. The SMILES string of the molecule is O=C(O)c1ccccc1N(C(=O)Nc1ccccc1)c1ccccc1. The van der Waals surface area contributed by atoms with Crippen LogP contribution < -0.4 is 10.2 Å². The Bertz CT molecular complexity index is 880. The van der Waals surface area contributed by atoms with Crippen LogP contribution in [0.25, 0.3) is 0 Å². The van der Waals surface area contributed by atoms with Crippen LogP contribution in [0.3, 0.4) is 0 Å². The van der Waals surface area contributed by atoms with Crippen molar-refractivity contribution in [2.24, 2.45) is 0 Å². The number of urea groups is 1. The number of amides is 2. The highest BCUT2D eigenvalue weighted by molar-refractivity contribution is 6.10. The highest BCUT2D eigenvalue weighted by Crippen LogP contribution is 2.29. The Morgan fingerprint density at radius 2 is 1.32 bits per heavy atom. The van der Waals surface area contributed by atoms with Gasteiger partial charge in [-0.05, 0) is 36.4 Å². The van der Waals surface area contributed by atoms with Gasteiger partial charge in [0.05, 0.1) is 16.9 Å². The van der Waals surface area contributed by atoms with E-state index < -0.39 is 12.0 Å². The van der Waals surface area contributed by atoms with Crippen LogP contribution in [0.15, 0.2) is 84.9 Å². The predicted octanol–water partition coefficient (Wildman–Crippen LogP) is 4.76. The highest BCUT2D eigenvalue weighted by atomic mass is 16.4. The van der Waals surface area contributed by atoms with Crippen LogP contribution in [0.4, 0.5) is 21.9 Å². The second-order valence-electron chi connectivity index (χ2n) is 5.29. The molecule has 5 heteroatoms. The van der Waals surface area contributed by atoms with E-state index >= 15 is 0 Å². The molecule has 25 heavy (non-hydrogen) atoms. The summed E-state index contributed by atoms with van der Waals surface area (Å²) in [5.74, 6) is -1.09. The summed E-state index contributed by atoms with van der Waals surface area (Å²) in [5, 5.41) is 12.3. The summed E-state index contributed by atoms with van der Waals surface area (Å²) in [4.78, 5) is 25.8. The maximum atomic E-state index is 12.9. The van der Waals surface area contributed by atoms with E-state index in [1.807, 2.05) is 24.3 Å². The van der Waals surface area contributed by atoms with Gasteiger partial charge in [-0.1, -0.05) is 48.5 Å². The number of aromatic carboxylic acids is 1. The van der Waals surface area contributed by atoms with Crippen LogP contribution in [0.5, 0.6) is 0 Å². The molecule has 0 aliphatic rings. The lowest BCUT2D eigenvalue weighted by atomic mass is 10.1. The van der Waals surface area contributed by atoms with E-state index in [-0.39, 0.29) is 5.56 Å². The lowest BCUT2D eigenvalue weighted by molar-refractivity contribution is 0.0698. The summed E-state index contributed by atoms with van der Waals surface area (Å²) in [6, 6.07) is 23.9. The number of nitrogens with one attached hydrogen (secondary N) is 1. The zero-order valence-electron chi connectivity index (χ0n) is 13.3. The fourth-order valence-corrected chi connectivity index (χ4v) is 2.49. The number of carboxylic acid groups (broad SMARTS) is 1. The molecule has 3 aromatic carbocycles. The molecule has 124 valence electrons. The molecule has 0 heterocycles. The highest BCUT2D eigenvalue weighted by Gasteiger charge is 2.23. The van der Waals surface area contributed by atoms with Crippen LogP contribution in [0.2, 0.25) is 0 Å². The maximum Gasteiger partial charge on any atom is 0.337 e. The Balaban J connectivity index is 2.05. The number of carboxylic acids is 1. The zero-order valence-corrected chi connectivity index (χ0v) is 13.3. The molecule has 0 bridgehead atoms. The standard InChI is InChI=1S/C20H16N2O3/c23-19(24)17-13-7-8-14-18(17)22(16-11-5-2-6-12-16)20(25)21-15-9-3-1-4-10-15/h1-14H,(H,21,25)(H,23,24). The first-order valence-electron chi connectivity index (χ1n) is 7.70. The molecular weight excluding hydrogens is 316 g/mol. The van der Waals surface area contributed by atoms with Gasteiger partial charge in [-0.2, -0.15) is 0 Å². The van der Waals surface area contributed by atoms with Crippen molar-refractivity contribution < 1.29 is 14.7 Å². The van der Waals surface area contributed by atoms with Crippen LogP contribution >= 0.6 is 0 Å². The molecule has 2 N–H and O–H groups in total. The molecule has 0 saturated carbocycles. The van der Waals surface area contributed by atoms with Crippen LogP contribution in [-0.2, 0) is 0 Å². The minimum Gasteiger partial charge on any atom is -0.478 e. The van der Waals surface area contributed by atoms with Crippen molar-refractivity contribution in [3.05, 3.63) is 90.5 Å². The van der Waals surface area contributed by atoms with E-state index in [1.165, 1.54) is 11.0 Å². The van der Waals surface area contributed by atoms with Crippen molar-refractivity contribution in [2.75, 3.05) is 10.2 Å². The minimum atomic E-state index is -1.09. The second kappa shape index (κ2) is 7.31. The number of benzene rings is 3. The average Bonchev–Trinajstić information content (AvgIpc) is 2.64. The van der Waals surface area contributed by atoms with Crippen LogP contribution in [0.1, 0.15) is 10.4 Å². The van der Waals surface area contributed by atoms with E-state index in [1.54, 1.807) is 54.6 Å². The average molecular weight is 332 g/mol. The molecule has 0 aliphatic heterocycles. The molecule has 0 spiro atoms. The Morgan fingerprint density at radius 1 is 0.760 bits per heavy atom. The normalized spacial score (nSPS) is 10.1. The Morgan fingerprint density at radius 3 is 1.96 bits per heavy atom. The first-order chi connectivity index (χ1) is 12.2. The number of nitrogens with zero attached hydrogens (tertiary/aromatic N) is 1. The van der Waals surface area contributed by atoms with E-state index in [4.69, 9.17) is 0 Å². The monoisotopic (exact) mass is 332 g/mol. The van der Waals surface area contributed by atoms with Gasteiger partial charge in [-0.3, -0.25) is 4.90 Å². The molecule has 0 fully saturated rings. The molecule has 0 aromatic heterocycles. The van der Waals surface area contributed by atoms with Crippen molar-refractivity contribution in [2.45, 2.75) is 0 Å². The third-order valence-corrected chi connectivity index (χ3v) is 3.62. The molecule has 0 radical (unpaired) electrons. The Hall–Kier alpha value is -3.60.